The lowest BCUT2D eigenvalue weighted by Crippen LogP contribution is -2.10. The van der Waals surface area contributed by atoms with E-state index in [1.165, 1.54) is 0 Å². The van der Waals surface area contributed by atoms with Gasteiger partial charge in [0.1, 0.15) is 0 Å². The molecule has 0 saturated heterocycles. The highest BCUT2D eigenvalue weighted by molar-refractivity contribution is 5.98. The summed E-state index contributed by atoms with van der Waals surface area (Å²) in [7, 11) is 0. The fourth-order valence-corrected chi connectivity index (χ4v) is 1.84. The van der Waals surface area contributed by atoms with Gasteiger partial charge in [0, 0.05) is 23.8 Å². The first-order chi connectivity index (χ1) is 9.18. The third-order valence-corrected chi connectivity index (χ3v) is 2.71. The molecule has 0 aliphatic heterocycles. The molecule has 0 aliphatic carbocycles. The SMILES string of the molecule is C=C(C)COCCNc1ccc(N)c2cccnc12. The van der Waals surface area contributed by atoms with Gasteiger partial charge in [-0.25, -0.2) is 0 Å². The van der Waals surface area contributed by atoms with Crippen LogP contribution in [0.25, 0.3) is 10.9 Å². The summed E-state index contributed by atoms with van der Waals surface area (Å²) in [5, 5.41) is 4.28. The second-order valence-corrected chi connectivity index (χ2v) is 4.54. The van der Waals surface area contributed by atoms with E-state index in [1.807, 2.05) is 31.2 Å². The number of ether oxygens (including phenoxy) is 1. The highest BCUT2D eigenvalue weighted by Gasteiger charge is 2.04. The first-order valence-corrected chi connectivity index (χ1v) is 6.27. The summed E-state index contributed by atoms with van der Waals surface area (Å²) < 4.78 is 5.45. The maximum atomic E-state index is 5.93. The lowest BCUT2D eigenvalue weighted by atomic mass is 10.1. The number of anilines is 2. The van der Waals surface area contributed by atoms with E-state index in [0.717, 1.165) is 34.4 Å². The van der Waals surface area contributed by atoms with Crippen LogP contribution in [0.4, 0.5) is 11.4 Å². The number of rotatable bonds is 6. The van der Waals surface area contributed by atoms with Gasteiger partial charge in [-0.2, -0.15) is 0 Å². The van der Waals surface area contributed by atoms with Crippen LogP contribution in [0.15, 0.2) is 42.6 Å². The smallest absolute Gasteiger partial charge is 0.0953 e. The van der Waals surface area contributed by atoms with E-state index in [4.69, 9.17) is 10.5 Å². The van der Waals surface area contributed by atoms with E-state index in [1.54, 1.807) is 6.20 Å². The van der Waals surface area contributed by atoms with Gasteiger partial charge >= 0.3 is 0 Å². The van der Waals surface area contributed by atoms with Gasteiger partial charge in [0.15, 0.2) is 0 Å². The molecule has 1 aromatic heterocycles. The van der Waals surface area contributed by atoms with Crippen LogP contribution in [0.2, 0.25) is 0 Å². The second kappa shape index (κ2) is 6.20. The van der Waals surface area contributed by atoms with Crippen LogP contribution < -0.4 is 11.1 Å². The van der Waals surface area contributed by atoms with Crippen molar-refractivity contribution in [2.24, 2.45) is 0 Å². The molecule has 3 N–H and O–H groups in total. The van der Waals surface area contributed by atoms with Crippen molar-refractivity contribution in [1.82, 2.24) is 4.98 Å². The van der Waals surface area contributed by atoms with Gasteiger partial charge in [-0.1, -0.05) is 12.2 Å². The van der Waals surface area contributed by atoms with Gasteiger partial charge in [-0.3, -0.25) is 4.98 Å². The summed E-state index contributed by atoms with van der Waals surface area (Å²) >= 11 is 0. The third-order valence-electron chi connectivity index (χ3n) is 2.71. The minimum absolute atomic E-state index is 0.600. The predicted molar refractivity (Wildman–Crippen MR) is 80.3 cm³/mol. The van der Waals surface area contributed by atoms with Crippen molar-refractivity contribution >= 4 is 22.3 Å². The number of nitrogens with zero attached hydrogens (tertiary/aromatic N) is 1. The third kappa shape index (κ3) is 3.45. The largest absolute Gasteiger partial charge is 0.398 e. The van der Waals surface area contributed by atoms with E-state index < -0.39 is 0 Å². The van der Waals surface area contributed by atoms with Gasteiger partial charge in [-0.15, -0.1) is 0 Å². The lowest BCUT2D eigenvalue weighted by Gasteiger charge is -2.10. The summed E-state index contributed by atoms with van der Waals surface area (Å²) in [6, 6.07) is 7.70. The number of hydrogen-bond acceptors (Lipinski definition) is 4. The van der Waals surface area contributed by atoms with Crippen LogP contribution in [-0.4, -0.2) is 24.7 Å². The molecule has 19 heavy (non-hydrogen) atoms. The molecule has 4 nitrogen and oxygen atoms in total. The molecule has 0 atom stereocenters. The Morgan fingerprint density at radius 1 is 1.42 bits per heavy atom. The molecule has 1 heterocycles. The molecule has 100 valence electrons. The van der Waals surface area contributed by atoms with E-state index in [0.29, 0.717) is 13.2 Å². The summed E-state index contributed by atoms with van der Waals surface area (Å²) in [5.74, 6) is 0. The molecule has 2 rings (SSSR count). The molecule has 0 saturated carbocycles. The number of hydrogen-bond donors (Lipinski definition) is 2. The Bertz CT molecular complexity index is 581. The van der Waals surface area contributed by atoms with Crippen LogP contribution in [0.5, 0.6) is 0 Å². The number of pyridine rings is 1. The zero-order chi connectivity index (χ0) is 13.7. The Hall–Kier alpha value is -2.07. The number of nitrogens with one attached hydrogen (secondary N) is 1. The normalized spacial score (nSPS) is 10.6. The maximum Gasteiger partial charge on any atom is 0.0953 e. The summed E-state index contributed by atoms with van der Waals surface area (Å²) in [6.45, 7) is 7.70. The first kappa shape index (κ1) is 13.4. The molecule has 1 aromatic carbocycles. The molecule has 2 aromatic rings. The predicted octanol–water partition coefficient (Wildman–Crippen LogP) is 2.82. The fourth-order valence-electron chi connectivity index (χ4n) is 1.84. The highest BCUT2D eigenvalue weighted by Crippen LogP contribution is 2.25. The van der Waals surface area contributed by atoms with E-state index in [9.17, 15) is 0 Å². The van der Waals surface area contributed by atoms with Crippen molar-refractivity contribution in [3.05, 3.63) is 42.6 Å². The average molecular weight is 257 g/mol. The van der Waals surface area contributed by atoms with Crippen LogP contribution in [0.3, 0.4) is 0 Å². The average Bonchev–Trinajstić information content (AvgIpc) is 2.41. The molecular weight excluding hydrogens is 238 g/mol. The van der Waals surface area contributed by atoms with Crippen molar-refractivity contribution in [3.8, 4) is 0 Å². The van der Waals surface area contributed by atoms with Gasteiger partial charge < -0.3 is 15.8 Å². The summed E-state index contributed by atoms with van der Waals surface area (Å²) in [6.07, 6.45) is 1.77. The molecule has 4 heteroatoms. The van der Waals surface area contributed by atoms with Crippen molar-refractivity contribution in [2.45, 2.75) is 6.92 Å². The van der Waals surface area contributed by atoms with Gasteiger partial charge in [0.2, 0.25) is 0 Å². The molecule has 0 unspecified atom stereocenters. The van der Waals surface area contributed by atoms with E-state index in [-0.39, 0.29) is 0 Å². The maximum absolute atomic E-state index is 5.93. The van der Waals surface area contributed by atoms with Gasteiger partial charge in [0.25, 0.3) is 0 Å². The second-order valence-electron chi connectivity index (χ2n) is 4.54. The molecular formula is C15H19N3O. The molecule has 0 aliphatic rings. The number of benzene rings is 1. The van der Waals surface area contributed by atoms with Crippen LogP contribution in [-0.2, 0) is 4.74 Å². The van der Waals surface area contributed by atoms with Crippen LogP contribution >= 0.6 is 0 Å². The minimum Gasteiger partial charge on any atom is -0.398 e. The van der Waals surface area contributed by atoms with Crippen molar-refractivity contribution in [2.75, 3.05) is 30.8 Å². The standard InChI is InChI=1S/C15H19N3O/c1-11(2)10-19-9-8-17-14-6-5-13(16)12-4-3-7-18-15(12)14/h3-7,17H,1,8-10,16H2,2H3. The summed E-state index contributed by atoms with van der Waals surface area (Å²) in [4.78, 5) is 4.37. The Morgan fingerprint density at radius 3 is 3.05 bits per heavy atom. The summed E-state index contributed by atoms with van der Waals surface area (Å²) in [5.41, 5.74) is 9.57. The quantitative estimate of drug-likeness (QED) is 0.474. The first-order valence-electron chi connectivity index (χ1n) is 6.27. The van der Waals surface area contributed by atoms with Gasteiger partial charge in [-0.05, 0) is 31.2 Å². The molecule has 0 amide bonds. The Balaban J connectivity index is 2.01. The van der Waals surface area contributed by atoms with Crippen molar-refractivity contribution in [1.29, 1.82) is 0 Å². The van der Waals surface area contributed by atoms with E-state index >= 15 is 0 Å². The highest BCUT2D eigenvalue weighted by atomic mass is 16.5. The lowest BCUT2D eigenvalue weighted by molar-refractivity contribution is 0.167. The number of nitrogens with two attached hydrogens (primary N) is 1. The van der Waals surface area contributed by atoms with E-state index in [2.05, 4.69) is 16.9 Å². The number of aromatic nitrogens is 1. The zero-order valence-electron chi connectivity index (χ0n) is 11.1. The van der Waals surface area contributed by atoms with Crippen LogP contribution in [0.1, 0.15) is 6.92 Å². The molecule has 0 fully saturated rings. The topological polar surface area (TPSA) is 60.2 Å². The number of nitrogen functional groups attached to an aromatic ring is 1. The van der Waals surface area contributed by atoms with Crippen molar-refractivity contribution < 1.29 is 4.74 Å². The Morgan fingerprint density at radius 2 is 2.26 bits per heavy atom. The Labute approximate surface area is 113 Å². The van der Waals surface area contributed by atoms with Gasteiger partial charge in [0.05, 0.1) is 24.4 Å². The monoisotopic (exact) mass is 257 g/mol. The minimum atomic E-state index is 0.600. The fraction of sp³-hybridized carbons (Fsp3) is 0.267. The molecule has 0 spiro atoms. The Kier molecular flexibility index (Phi) is 4.36. The zero-order valence-corrected chi connectivity index (χ0v) is 11.1. The van der Waals surface area contributed by atoms with Crippen molar-refractivity contribution in [3.63, 3.8) is 0 Å². The number of fused-ring (bicyclic) bond motifs is 1. The van der Waals surface area contributed by atoms with Crippen LogP contribution in [0, 0.1) is 0 Å². The molecule has 0 bridgehead atoms. The molecule has 0 radical (unpaired) electrons.